The van der Waals surface area contributed by atoms with E-state index in [1.165, 1.54) is 0 Å². The zero-order valence-electron chi connectivity index (χ0n) is 13.2. The summed E-state index contributed by atoms with van der Waals surface area (Å²) >= 11 is 0. The molecule has 2 aromatic heterocycles. The number of nitrogens with two attached hydrogens (primary N) is 1. The summed E-state index contributed by atoms with van der Waals surface area (Å²) in [6.45, 7) is 0. The fourth-order valence-electron chi connectivity index (χ4n) is 2.68. The zero-order chi connectivity index (χ0) is 16.5. The van der Waals surface area contributed by atoms with Gasteiger partial charge in [-0.2, -0.15) is 0 Å². The van der Waals surface area contributed by atoms with E-state index in [2.05, 4.69) is 4.98 Å². The molecule has 0 saturated carbocycles. The van der Waals surface area contributed by atoms with E-state index in [9.17, 15) is 4.79 Å². The molecule has 0 aliphatic heterocycles. The average Bonchev–Trinajstić information content (AvgIpc) is 2.63. The summed E-state index contributed by atoms with van der Waals surface area (Å²) in [7, 11) is 0. The minimum atomic E-state index is -0.125. The SMILES string of the molecule is Cl.Nc1ccc(-c2nc3ccccc3c(=O)n2-c2cccnc2)cc1. The molecule has 0 unspecified atom stereocenters. The van der Waals surface area contributed by atoms with Crippen LogP contribution >= 0.6 is 12.4 Å². The number of nitrogens with zero attached hydrogens (tertiary/aromatic N) is 3. The van der Waals surface area contributed by atoms with E-state index < -0.39 is 0 Å². The van der Waals surface area contributed by atoms with Crippen molar-refractivity contribution in [3.8, 4) is 17.1 Å². The van der Waals surface area contributed by atoms with Gasteiger partial charge in [0.1, 0.15) is 5.82 Å². The van der Waals surface area contributed by atoms with Crippen molar-refractivity contribution in [1.29, 1.82) is 0 Å². The van der Waals surface area contributed by atoms with Gasteiger partial charge in [-0.1, -0.05) is 12.1 Å². The van der Waals surface area contributed by atoms with Crippen molar-refractivity contribution in [2.75, 3.05) is 5.73 Å². The molecular formula is C19H15ClN4O. The molecule has 25 heavy (non-hydrogen) atoms. The summed E-state index contributed by atoms with van der Waals surface area (Å²) in [6.07, 6.45) is 3.32. The number of hydrogen-bond donors (Lipinski definition) is 1. The van der Waals surface area contributed by atoms with E-state index in [0.717, 1.165) is 5.56 Å². The van der Waals surface area contributed by atoms with Gasteiger partial charge in [-0.3, -0.25) is 14.3 Å². The third-order valence-corrected chi connectivity index (χ3v) is 3.85. The number of benzene rings is 2. The van der Waals surface area contributed by atoms with Gasteiger partial charge in [-0.15, -0.1) is 12.4 Å². The minimum absolute atomic E-state index is 0. The van der Waals surface area contributed by atoms with Crippen LogP contribution in [-0.4, -0.2) is 14.5 Å². The zero-order valence-corrected chi connectivity index (χ0v) is 14.0. The molecule has 0 fully saturated rings. The first-order chi connectivity index (χ1) is 11.7. The molecule has 4 rings (SSSR count). The maximum atomic E-state index is 13.1. The fraction of sp³-hybridized carbons (Fsp3) is 0. The summed E-state index contributed by atoms with van der Waals surface area (Å²) < 4.78 is 1.58. The summed E-state index contributed by atoms with van der Waals surface area (Å²) in [5.74, 6) is 0.562. The third kappa shape index (κ3) is 2.97. The van der Waals surface area contributed by atoms with Crippen LogP contribution in [0.1, 0.15) is 0 Å². The maximum Gasteiger partial charge on any atom is 0.266 e. The Balaban J connectivity index is 0.00000182. The molecule has 0 aliphatic carbocycles. The van der Waals surface area contributed by atoms with E-state index in [1.54, 1.807) is 41.2 Å². The lowest BCUT2D eigenvalue weighted by Crippen LogP contribution is -2.22. The molecule has 0 atom stereocenters. The van der Waals surface area contributed by atoms with Gasteiger partial charge in [0.05, 0.1) is 22.8 Å². The van der Waals surface area contributed by atoms with Crippen LogP contribution in [0.2, 0.25) is 0 Å². The first-order valence-corrected chi connectivity index (χ1v) is 7.52. The quantitative estimate of drug-likeness (QED) is 0.562. The van der Waals surface area contributed by atoms with Crippen LogP contribution in [0.3, 0.4) is 0 Å². The van der Waals surface area contributed by atoms with E-state index >= 15 is 0 Å². The first kappa shape index (κ1) is 16.7. The van der Waals surface area contributed by atoms with E-state index in [4.69, 9.17) is 10.7 Å². The second-order valence-corrected chi connectivity index (χ2v) is 5.43. The van der Waals surface area contributed by atoms with Crippen LogP contribution in [0.5, 0.6) is 0 Å². The molecule has 0 amide bonds. The lowest BCUT2D eigenvalue weighted by atomic mass is 10.1. The molecule has 0 radical (unpaired) electrons. The van der Waals surface area contributed by atoms with Crippen LogP contribution in [0, 0.1) is 0 Å². The van der Waals surface area contributed by atoms with Crippen LogP contribution < -0.4 is 11.3 Å². The molecule has 124 valence electrons. The van der Waals surface area contributed by atoms with Gasteiger partial charge < -0.3 is 5.73 Å². The van der Waals surface area contributed by atoms with Crippen molar-refractivity contribution < 1.29 is 0 Å². The Morgan fingerprint density at radius 3 is 2.40 bits per heavy atom. The molecule has 0 spiro atoms. The second-order valence-electron chi connectivity index (χ2n) is 5.43. The number of nitrogen functional groups attached to an aromatic ring is 1. The number of halogens is 1. The number of aromatic nitrogens is 3. The fourth-order valence-corrected chi connectivity index (χ4v) is 2.68. The standard InChI is InChI=1S/C19H14N4O.ClH/c20-14-9-7-13(8-10-14)18-22-17-6-2-1-5-16(17)19(24)23(18)15-4-3-11-21-12-15;/h1-12H,20H2;1H. The molecule has 0 aliphatic rings. The van der Waals surface area contributed by atoms with E-state index in [0.29, 0.717) is 28.1 Å². The number of pyridine rings is 1. The monoisotopic (exact) mass is 350 g/mol. The first-order valence-electron chi connectivity index (χ1n) is 7.52. The van der Waals surface area contributed by atoms with Crippen molar-refractivity contribution in [2.24, 2.45) is 0 Å². The lowest BCUT2D eigenvalue weighted by Gasteiger charge is -2.13. The molecule has 0 saturated heterocycles. The van der Waals surface area contributed by atoms with Crippen molar-refractivity contribution >= 4 is 29.0 Å². The number of anilines is 1. The molecule has 4 aromatic rings. The Morgan fingerprint density at radius 1 is 0.920 bits per heavy atom. The second kappa shape index (κ2) is 6.75. The highest BCUT2D eigenvalue weighted by atomic mass is 35.5. The van der Waals surface area contributed by atoms with Crippen molar-refractivity contribution in [3.63, 3.8) is 0 Å². The predicted molar refractivity (Wildman–Crippen MR) is 102 cm³/mol. The number of para-hydroxylation sites is 1. The number of hydrogen-bond acceptors (Lipinski definition) is 4. The molecule has 2 N–H and O–H groups in total. The van der Waals surface area contributed by atoms with Gasteiger partial charge in [-0.25, -0.2) is 4.98 Å². The van der Waals surface area contributed by atoms with Gasteiger partial charge in [0.15, 0.2) is 0 Å². The summed E-state index contributed by atoms with van der Waals surface area (Å²) in [4.78, 5) is 21.9. The molecular weight excluding hydrogens is 336 g/mol. The topological polar surface area (TPSA) is 73.8 Å². The maximum absolute atomic E-state index is 13.1. The van der Waals surface area contributed by atoms with E-state index in [-0.39, 0.29) is 18.0 Å². The lowest BCUT2D eigenvalue weighted by molar-refractivity contribution is 0.966. The molecule has 0 bridgehead atoms. The smallest absolute Gasteiger partial charge is 0.266 e. The normalized spacial score (nSPS) is 10.4. The predicted octanol–water partition coefficient (Wildman–Crippen LogP) is 3.45. The number of rotatable bonds is 2. The van der Waals surface area contributed by atoms with Gasteiger partial charge in [0, 0.05) is 17.4 Å². The average molecular weight is 351 g/mol. The van der Waals surface area contributed by atoms with Gasteiger partial charge in [0.2, 0.25) is 0 Å². The molecule has 2 heterocycles. The van der Waals surface area contributed by atoms with Crippen LogP contribution in [0.25, 0.3) is 28.0 Å². The molecule has 2 aromatic carbocycles. The van der Waals surface area contributed by atoms with Gasteiger partial charge in [0.25, 0.3) is 5.56 Å². The van der Waals surface area contributed by atoms with Crippen molar-refractivity contribution in [3.05, 3.63) is 83.4 Å². The largest absolute Gasteiger partial charge is 0.399 e. The van der Waals surface area contributed by atoms with Gasteiger partial charge in [-0.05, 0) is 48.5 Å². The van der Waals surface area contributed by atoms with Crippen LogP contribution in [-0.2, 0) is 0 Å². The van der Waals surface area contributed by atoms with E-state index in [1.807, 2.05) is 36.4 Å². The van der Waals surface area contributed by atoms with Crippen LogP contribution in [0.4, 0.5) is 5.69 Å². The van der Waals surface area contributed by atoms with Crippen molar-refractivity contribution in [1.82, 2.24) is 14.5 Å². The highest BCUT2D eigenvalue weighted by molar-refractivity contribution is 5.85. The third-order valence-electron chi connectivity index (χ3n) is 3.85. The highest BCUT2D eigenvalue weighted by Crippen LogP contribution is 2.22. The van der Waals surface area contributed by atoms with Crippen LogP contribution in [0.15, 0.2) is 77.9 Å². The van der Waals surface area contributed by atoms with Crippen molar-refractivity contribution in [2.45, 2.75) is 0 Å². The summed E-state index contributed by atoms with van der Waals surface area (Å²) in [5, 5.41) is 0.570. The number of fused-ring (bicyclic) bond motifs is 1. The molecule has 5 nitrogen and oxygen atoms in total. The van der Waals surface area contributed by atoms with Gasteiger partial charge >= 0.3 is 0 Å². The molecule has 6 heteroatoms. The minimum Gasteiger partial charge on any atom is -0.399 e. The summed E-state index contributed by atoms with van der Waals surface area (Å²) in [6, 6.07) is 18.3. The Hall–Kier alpha value is -3.18. The Bertz CT molecular complexity index is 1080. The highest BCUT2D eigenvalue weighted by Gasteiger charge is 2.14. The Kier molecular flexibility index (Phi) is 4.50. The summed E-state index contributed by atoms with van der Waals surface area (Å²) in [5.41, 5.74) is 8.46. The Labute approximate surface area is 150 Å². The Morgan fingerprint density at radius 2 is 1.68 bits per heavy atom.